The highest BCUT2D eigenvalue weighted by molar-refractivity contribution is 5.84. The van der Waals surface area contributed by atoms with Crippen molar-refractivity contribution in [1.82, 2.24) is 19.8 Å². The largest absolute Gasteiger partial charge is 0.509 e. The van der Waals surface area contributed by atoms with Crippen molar-refractivity contribution in [1.29, 1.82) is 5.26 Å². The van der Waals surface area contributed by atoms with Gasteiger partial charge in [0.1, 0.15) is 17.4 Å². The van der Waals surface area contributed by atoms with E-state index in [9.17, 15) is 15.2 Å². The lowest BCUT2D eigenvalue weighted by Gasteiger charge is -2.17. The summed E-state index contributed by atoms with van der Waals surface area (Å²) in [4.78, 5) is 17.9. The summed E-state index contributed by atoms with van der Waals surface area (Å²) >= 11 is 0. The first-order chi connectivity index (χ1) is 11.8. The number of carbonyl (C=O) groups is 1. The summed E-state index contributed by atoms with van der Waals surface area (Å²) in [5.41, 5.74) is 1.74. The van der Waals surface area contributed by atoms with Crippen LogP contribution < -0.4 is 5.32 Å². The molecule has 2 N–H and O–H groups in total. The number of hydrogen-bond acceptors (Lipinski definition) is 5. The van der Waals surface area contributed by atoms with Gasteiger partial charge in [-0.3, -0.25) is 9.69 Å². The second kappa shape index (κ2) is 7.81. The number of nitrogens with zero attached hydrogens (tertiary/aromatic N) is 4. The number of para-hydroxylation sites is 2. The van der Waals surface area contributed by atoms with E-state index in [1.165, 1.54) is 0 Å². The molecule has 0 atom stereocenters. The molecular weight excluding hydrogens is 318 g/mol. The Morgan fingerprint density at radius 2 is 2.08 bits per heavy atom. The van der Waals surface area contributed by atoms with Gasteiger partial charge in [-0.05, 0) is 33.0 Å². The van der Waals surface area contributed by atoms with Crippen LogP contribution in [-0.4, -0.2) is 51.6 Å². The standard InChI is InChI=1S/C18H23N5O2/c1-12(2)20-17(25)11-22(3)10-16(24)13(9-19)18-21-14-7-5-6-8-15(14)23(18)4/h5-8,12,24H,10-11H2,1-4H3,(H,20,25)/b16-13-. The zero-order valence-electron chi connectivity index (χ0n) is 14.9. The van der Waals surface area contributed by atoms with Gasteiger partial charge in [-0.15, -0.1) is 0 Å². The van der Waals surface area contributed by atoms with E-state index in [0.29, 0.717) is 5.82 Å². The third-order valence-electron chi connectivity index (χ3n) is 3.69. The van der Waals surface area contributed by atoms with Gasteiger partial charge in [0.15, 0.2) is 5.82 Å². The number of nitrogens with one attached hydrogen (secondary N) is 1. The van der Waals surface area contributed by atoms with Gasteiger partial charge in [-0.2, -0.15) is 5.26 Å². The lowest BCUT2D eigenvalue weighted by Crippen LogP contribution is -2.39. The summed E-state index contributed by atoms with van der Waals surface area (Å²) in [7, 11) is 3.51. The molecule has 0 saturated carbocycles. The highest BCUT2D eigenvalue weighted by Crippen LogP contribution is 2.21. The average Bonchev–Trinajstić information content (AvgIpc) is 2.84. The first-order valence-corrected chi connectivity index (χ1v) is 8.05. The van der Waals surface area contributed by atoms with Crippen molar-refractivity contribution in [2.45, 2.75) is 19.9 Å². The van der Waals surface area contributed by atoms with Crippen LogP contribution in [0, 0.1) is 11.3 Å². The molecule has 0 aliphatic carbocycles. The van der Waals surface area contributed by atoms with Crippen LogP contribution in [0.1, 0.15) is 19.7 Å². The number of aryl methyl sites for hydroxylation is 1. The fourth-order valence-electron chi connectivity index (χ4n) is 2.62. The Balaban J connectivity index is 2.23. The Bertz CT molecular complexity index is 845. The summed E-state index contributed by atoms with van der Waals surface area (Å²) in [5.74, 6) is 0.161. The molecular formula is C18H23N5O2. The number of hydrogen-bond donors (Lipinski definition) is 2. The Labute approximate surface area is 147 Å². The zero-order chi connectivity index (χ0) is 18.6. The molecule has 7 heteroatoms. The molecule has 1 heterocycles. The number of allylic oxidation sites excluding steroid dienone is 1. The Morgan fingerprint density at radius 1 is 1.40 bits per heavy atom. The topological polar surface area (TPSA) is 94.2 Å². The lowest BCUT2D eigenvalue weighted by atomic mass is 10.2. The van der Waals surface area contributed by atoms with E-state index in [1.54, 1.807) is 23.6 Å². The summed E-state index contributed by atoms with van der Waals surface area (Å²) in [6, 6.07) is 9.61. The number of aliphatic hydroxyl groups is 1. The summed E-state index contributed by atoms with van der Waals surface area (Å²) in [6.45, 7) is 3.98. The fraction of sp³-hybridized carbons (Fsp3) is 0.389. The smallest absolute Gasteiger partial charge is 0.234 e. The second-order valence-electron chi connectivity index (χ2n) is 6.31. The molecule has 0 saturated heterocycles. The van der Waals surface area contributed by atoms with Crippen LogP contribution in [0.5, 0.6) is 0 Å². The number of carbonyl (C=O) groups excluding carboxylic acids is 1. The number of nitriles is 1. The van der Waals surface area contributed by atoms with Crippen LogP contribution >= 0.6 is 0 Å². The number of aromatic nitrogens is 2. The number of likely N-dealkylation sites (N-methyl/N-ethyl adjacent to an activating group) is 1. The van der Waals surface area contributed by atoms with Crippen LogP contribution in [0.15, 0.2) is 30.0 Å². The molecule has 25 heavy (non-hydrogen) atoms. The van der Waals surface area contributed by atoms with Crippen LogP contribution in [0.4, 0.5) is 0 Å². The average molecular weight is 341 g/mol. The maximum Gasteiger partial charge on any atom is 0.234 e. The third-order valence-corrected chi connectivity index (χ3v) is 3.69. The van der Waals surface area contributed by atoms with Gasteiger partial charge < -0.3 is 15.0 Å². The highest BCUT2D eigenvalue weighted by Gasteiger charge is 2.18. The molecule has 132 valence electrons. The minimum atomic E-state index is -0.133. The third kappa shape index (κ3) is 4.37. The van der Waals surface area contributed by atoms with Crippen LogP contribution in [-0.2, 0) is 11.8 Å². The van der Waals surface area contributed by atoms with E-state index in [0.717, 1.165) is 11.0 Å². The molecule has 2 aromatic rings. The van der Waals surface area contributed by atoms with Crippen molar-refractivity contribution in [3.63, 3.8) is 0 Å². The summed E-state index contributed by atoms with van der Waals surface area (Å²) in [5, 5.41) is 22.7. The van der Waals surface area contributed by atoms with Gasteiger partial charge in [0.05, 0.1) is 24.1 Å². The quantitative estimate of drug-likeness (QED) is 0.617. The molecule has 1 aromatic heterocycles. The van der Waals surface area contributed by atoms with Gasteiger partial charge in [0.2, 0.25) is 5.91 Å². The molecule has 0 radical (unpaired) electrons. The normalized spacial score (nSPS) is 12.4. The monoisotopic (exact) mass is 341 g/mol. The van der Waals surface area contributed by atoms with Crippen molar-refractivity contribution >= 4 is 22.5 Å². The van der Waals surface area contributed by atoms with E-state index in [-0.39, 0.29) is 36.4 Å². The Hall–Kier alpha value is -2.85. The van der Waals surface area contributed by atoms with Crippen molar-refractivity contribution in [3.8, 4) is 6.07 Å². The number of imidazole rings is 1. The molecule has 0 fully saturated rings. The first kappa shape index (κ1) is 18.5. The second-order valence-corrected chi connectivity index (χ2v) is 6.31. The predicted molar refractivity (Wildman–Crippen MR) is 96.7 cm³/mol. The van der Waals surface area contributed by atoms with Gasteiger partial charge in [0.25, 0.3) is 0 Å². The van der Waals surface area contributed by atoms with Gasteiger partial charge in [-0.1, -0.05) is 12.1 Å². The number of benzene rings is 1. The maximum atomic E-state index is 11.8. The first-order valence-electron chi connectivity index (χ1n) is 8.05. The molecule has 1 aromatic carbocycles. The number of aliphatic hydroxyl groups excluding tert-OH is 1. The predicted octanol–water partition coefficient (Wildman–Crippen LogP) is 1.82. The Morgan fingerprint density at radius 3 is 2.68 bits per heavy atom. The van der Waals surface area contributed by atoms with Crippen molar-refractivity contribution in [3.05, 3.63) is 35.8 Å². The Kier molecular flexibility index (Phi) is 5.78. The zero-order valence-corrected chi connectivity index (χ0v) is 14.9. The summed E-state index contributed by atoms with van der Waals surface area (Å²) < 4.78 is 1.77. The summed E-state index contributed by atoms with van der Waals surface area (Å²) in [6.07, 6.45) is 0. The van der Waals surface area contributed by atoms with Gasteiger partial charge >= 0.3 is 0 Å². The lowest BCUT2D eigenvalue weighted by molar-refractivity contribution is -0.122. The van der Waals surface area contributed by atoms with E-state index < -0.39 is 0 Å². The minimum absolute atomic E-state index is 0.0553. The number of fused-ring (bicyclic) bond motifs is 1. The molecule has 1 amide bonds. The van der Waals surface area contributed by atoms with Crippen molar-refractivity contribution in [2.24, 2.45) is 7.05 Å². The fourth-order valence-corrected chi connectivity index (χ4v) is 2.62. The van der Waals surface area contributed by atoms with E-state index in [4.69, 9.17) is 0 Å². The molecule has 0 aliphatic rings. The van der Waals surface area contributed by atoms with Crippen LogP contribution in [0.3, 0.4) is 0 Å². The molecule has 0 aliphatic heterocycles. The number of rotatable bonds is 6. The van der Waals surface area contributed by atoms with Crippen molar-refractivity contribution in [2.75, 3.05) is 20.1 Å². The molecule has 7 nitrogen and oxygen atoms in total. The van der Waals surface area contributed by atoms with Gasteiger partial charge in [0, 0.05) is 13.1 Å². The van der Waals surface area contributed by atoms with Crippen LogP contribution in [0.2, 0.25) is 0 Å². The van der Waals surface area contributed by atoms with Crippen molar-refractivity contribution < 1.29 is 9.90 Å². The molecule has 0 unspecified atom stereocenters. The van der Waals surface area contributed by atoms with E-state index >= 15 is 0 Å². The van der Waals surface area contributed by atoms with Crippen LogP contribution in [0.25, 0.3) is 16.6 Å². The maximum absolute atomic E-state index is 11.8. The minimum Gasteiger partial charge on any atom is -0.509 e. The molecule has 0 spiro atoms. The van der Waals surface area contributed by atoms with Gasteiger partial charge in [-0.25, -0.2) is 4.98 Å². The SMILES string of the molecule is CC(C)NC(=O)CN(C)C/C(O)=C(\C#N)c1nc2ccccc2n1C. The number of amides is 1. The van der Waals surface area contributed by atoms with E-state index in [2.05, 4.69) is 10.3 Å². The molecule has 0 bridgehead atoms. The van der Waals surface area contributed by atoms with E-state index in [1.807, 2.05) is 44.2 Å². The molecule has 2 rings (SSSR count). The highest BCUT2D eigenvalue weighted by atomic mass is 16.3.